The largest absolute Gasteiger partial charge is 0.497 e. The summed E-state index contributed by atoms with van der Waals surface area (Å²) < 4.78 is 5.14. The highest BCUT2D eigenvalue weighted by atomic mass is 35.5. The van der Waals surface area contributed by atoms with E-state index < -0.39 is 17.9 Å². The molecule has 8 nitrogen and oxygen atoms in total. The minimum Gasteiger partial charge on any atom is -0.497 e. The molecule has 10 heteroatoms. The molecule has 0 spiro atoms. The molecule has 0 saturated carbocycles. The van der Waals surface area contributed by atoms with E-state index in [0.29, 0.717) is 27.0 Å². The van der Waals surface area contributed by atoms with Gasteiger partial charge in [-0.2, -0.15) is 0 Å². The first-order valence-corrected chi connectivity index (χ1v) is 14.2. The summed E-state index contributed by atoms with van der Waals surface area (Å²) in [5, 5.41) is 30.4. The van der Waals surface area contributed by atoms with Gasteiger partial charge in [0.2, 0.25) is 0 Å². The number of anilines is 2. The summed E-state index contributed by atoms with van der Waals surface area (Å²) in [6.45, 7) is 6.24. The summed E-state index contributed by atoms with van der Waals surface area (Å²) in [7, 11) is 1.63. The molecule has 0 amide bonds. The number of aliphatic carboxylic acids is 2. The summed E-state index contributed by atoms with van der Waals surface area (Å²) in [4.78, 5) is 21.7. The molecule has 1 aliphatic heterocycles. The molecule has 5 rings (SSSR count). The number of nitrogens with one attached hydrogen (secondary N) is 3. The van der Waals surface area contributed by atoms with Gasteiger partial charge in [0.1, 0.15) is 5.75 Å². The van der Waals surface area contributed by atoms with Crippen LogP contribution in [0.2, 0.25) is 10.0 Å². The van der Waals surface area contributed by atoms with E-state index in [1.165, 1.54) is 0 Å². The molecule has 1 atom stereocenters. The van der Waals surface area contributed by atoms with E-state index in [2.05, 4.69) is 16.0 Å². The van der Waals surface area contributed by atoms with E-state index in [-0.39, 0.29) is 6.42 Å². The SMILES string of the molecule is C1CNCCN1.COc1ccc2cc([C@H](C)C(=O)O)ccc2c1.O=C(O)Cc1ccccc1Nc1c(Cl)cccc1Cl. The summed E-state index contributed by atoms with van der Waals surface area (Å²) >= 11 is 12.1. The molecule has 1 aliphatic rings. The number of hydrogen-bond acceptors (Lipinski definition) is 6. The van der Waals surface area contributed by atoms with Gasteiger partial charge in [0.05, 0.1) is 35.2 Å². The van der Waals surface area contributed by atoms with E-state index in [9.17, 15) is 9.59 Å². The molecule has 0 unspecified atom stereocenters. The lowest BCUT2D eigenvalue weighted by molar-refractivity contribution is -0.138. The number of para-hydroxylation sites is 2. The molecular weight excluding hydrogens is 577 g/mol. The van der Waals surface area contributed by atoms with E-state index in [4.69, 9.17) is 38.2 Å². The first-order valence-electron chi connectivity index (χ1n) is 13.4. The van der Waals surface area contributed by atoms with E-state index in [1.807, 2.05) is 42.5 Å². The second-order valence-electron chi connectivity index (χ2n) is 9.48. The molecule has 0 aliphatic carbocycles. The Kier molecular flexibility index (Phi) is 12.9. The highest BCUT2D eigenvalue weighted by Gasteiger charge is 2.14. The summed E-state index contributed by atoms with van der Waals surface area (Å²) in [6.07, 6.45) is -0.0642. The summed E-state index contributed by atoms with van der Waals surface area (Å²) in [6, 6.07) is 23.8. The van der Waals surface area contributed by atoms with Crippen LogP contribution in [-0.2, 0) is 16.0 Å². The average Bonchev–Trinajstić information content (AvgIpc) is 3.00. The van der Waals surface area contributed by atoms with Crippen molar-refractivity contribution in [2.45, 2.75) is 19.3 Å². The predicted molar refractivity (Wildman–Crippen MR) is 170 cm³/mol. The lowest BCUT2D eigenvalue weighted by Gasteiger charge is -2.13. The van der Waals surface area contributed by atoms with Gasteiger partial charge in [-0.05, 0) is 59.2 Å². The Hall–Kier alpha value is -3.82. The van der Waals surface area contributed by atoms with Crippen LogP contribution in [0.3, 0.4) is 0 Å². The number of carboxylic acid groups (broad SMARTS) is 2. The lowest BCUT2D eigenvalue weighted by atomic mass is 9.98. The van der Waals surface area contributed by atoms with Gasteiger partial charge >= 0.3 is 11.9 Å². The molecular formula is C32H35Cl2N3O5. The average molecular weight is 613 g/mol. The predicted octanol–water partition coefficient (Wildman–Crippen LogP) is 6.58. The smallest absolute Gasteiger partial charge is 0.310 e. The number of benzene rings is 4. The zero-order chi connectivity index (χ0) is 30.5. The number of carbonyl (C=O) groups is 2. The van der Waals surface area contributed by atoms with Crippen molar-refractivity contribution in [3.05, 3.63) is 100 Å². The van der Waals surface area contributed by atoms with Crippen molar-refractivity contribution in [2.75, 3.05) is 38.6 Å². The Labute approximate surface area is 255 Å². The molecule has 4 aromatic carbocycles. The van der Waals surface area contributed by atoms with Crippen LogP contribution in [0, 0.1) is 0 Å². The van der Waals surface area contributed by atoms with Gasteiger partial charge in [-0.1, -0.05) is 71.7 Å². The first-order chi connectivity index (χ1) is 20.2. The van der Waals surface area contributed by atoms with Gasteiger partial charge in [0.15, 0.2) is 0 Å². The van der Waals surface area contributed by atoms with Crippen LogP contribution in [0.5, 0.6) is 5.75 Å². The van der Waals surface area contributed by atoms with Crippen molar-refractivity contribution in [3.8, 4) is 5.75 Å². The van der Waals surface area contributed by atoms with Crippen LogP contribution < -0.4 is 20.7 Å². The van der Waals surface area contributed by atoms with Gasteiger partial charge in [-0.3, -0.25) is 9.59 Å². The fourth-order valence-electron chi connectivity index (χ4n) is 4.10. The Morgan fingerprint density at radius 2 is 1.45 bits per heavy atom. The zero-order valence-corrected chi connectivity index (χ0v) is 25.0. The van der Waals surface area contributed by atoms with Gasteiger partial charge in [-0.15, -0.1) is 0 Å². The monoisotopic (exact) mass is 611 g/mol. The highest BCUT2D eigenvalue weighted by Crippen LogP contribution is 2.33. The number of hydrogen-bond donors (Lipinski definition) is 5. The molecule has 0 aromatic heterocycles. The Bertz CT molecular complexity index is 1460. The van der Waals surface area contributed by atoms with Crippen molar-refractivity contribution in [3.63, 3.8) is 0 Å². The Morgan fingerprint density at radius 3 is 2.02 bits per heavy atom. The van der Waals surface area contributed by atoms with Crippen LogP contribution in [0.15, 0.2) is 78.9 Å². The summed E-state index contributed by atoms with van der Waals surface area (Å²) in [5.74, 6) is -1.38. The standard InChI is InChI=1S/C14H11Cl2NO2.C14H14O3.C4H10N2/c15-10-5-3-6-11(16)14(10)17-12-7-2-1-4-9(12)8-13(18)19;1-9(14(15)16)10-3-4-12-8-13(17-2)6-5-11(12)7-10;1-2-6-4-3-5-1/h1-7,17H,8H2,(H,18,19);3-9H,1-2H3,(H,15,16);5-6H,1-4H2/t;9-;/m.0./s1. The van der Waals surface area contributed by atoms with E-state index in [0.717, 1.165) is 48.3 Å². The van der Waals surface area contributed by atoms with Crippen molar-refractivity contribution in [2.24, 2.45) is 0 Å². The quantitative estimate of drug-likeness (QED) is 0.159. The minimum absolute atomic E-state index is 0.0642. The topological polar surface area (TPSA) is 120 Å². The maximum absolute atomic E-state index is 10.9. The van der Waals surface area contributed by atoms with Crippen LogP contribution in [0.1, 0.15) is 24.0 Å². The van der Waals surface area contributed by atoms with Crippen molar-refractivity contribution >= 4 is 57.3 Å². The third-order valence-corrected chi connectivity index (χ3v) is 7.11. The number of piperazine rings is 1. The van der Waals surface area contributed by atoms with Gasteiger partial charge in [0.25, 0.3) is 0 Å². The minimum atomic E-state index is -0.889. The maximum atomic E-state index is 10.9. The molecule has 0 bridgehead atoms. The van der Waals surface area contributed by atoms with Crippen molar-refractivity contribution in [1.29, 1.82) is 0 Å². The summed E-state index contributed by atoms with van der Waals surface area (Å²) in [5.41, 5.74) is 2.74. The number of methoxy groups -OCH3 is 1. The lowest BCUT2D eigenvalue weighted by Crippen LogP contribution is -2.39. The fourth-order valence-corrected chi connectivity index (χ4v) is 4.59. The Morgan fingerprint density at radius 1 is 0.857 bits per heavy atom. The molecule has 42 heavy (non-hydrogen) atoms. The third kappa shape index (κ3) is 9.92. The number of fused-ring (bicyclic) bond motifs is 1. The van der Waals surface area contributed by atoms with Gasteiger partial charge in [-0.25, -0.2) is 0 Å². The molecule has 0 radical (unpaired) electrons. The molecule has 4 aromatic rings. The van der Waals surface area contributed by atoms with Crippen LogP contribution in [-0.4, -0.2) is 55.4 Å². The number of ether oxygens (including phenoxy) is 1. The van der Waals surface area contributed by atoms with Crippen LogP contribution in [0.4, 0.5) is 11.4 Å². The second-order valence-corrected chi connectivity index (χ2v) is 10.3. The molecule has 1 saturated heterocycles. The number of halogens is 2. The van der Waals surface area contributed by atoms with Crippen LogP contribution >= 0.6 is 23.2 Å². The maximum Gasteiger partial charge on any atom is 0.310 e. The Balaban J connectivity index is 0.000000193. The number of rotatable bonds is 7. The third-order valence-electron chi connectivity index (χ3n) is 6.48. The molecule has 1 fully saturated rings. The van der Waals surface area contributed by atoms with E-state index >= 15 is 0 Å². The van der Waals surface area contributed by atoms with E-state index in [1.54, 1.807) is 50.4 Å². The number of carboxylic acids is 2. The second kappa shape index (κ2) is 16.6. The van der Waals surface area contributed by atoms with Gasteiger partial charge < -0.3 is 30.9 Å². The van der Waals surface area contributed by atoms with Gasteiger partial charge in [0, 0.05) is 31.9 Å². The van der Waals surface area contributed by atoms with Crippen molar-refractivity contribution < 1.29 is 24.5 Å². The van der Waals surface area contributed by atoms with Crippen molar-refractivity contribution in [1.82, 2.24) is 10.6 Å². The first kappa shape index (κ1) is 32.7. The zero-order valence-electron chi connectivity index (χ0n) is 23.5. The molecule has 222 valence electrons. The fraction of sp³-hybridized carbons (Fsp3) is 0.250. The highest BCUT2D eigenvalue weighted by molar-refractivity contribution is 6.39. The normalized spacial score (nSPS) is 13.0. The molecule has 5 N–H and O–H groups in total. The molecule has 1 heterocycles. The van der Waals surface area contributed by atoms with Crippen LogP contribution in [0.25, 0.3) is 10.8 Å².